The number of hydrogen-bond acceptors (Lipinski definition) is 2. The molecule has 0 spiro atoms. The lowest BCUT2D eigenvalue weighted by molar-refractivity contribution is -0.151. The van der Waals surface area contributed by atoms with Crippen LogP contribution in [0.25, 0.3) is 0 Å². The molecule has 1 rings (SSSR count). The highest BCUT2D eigenvalue weighted by Gasteiger charge is 2.70. The van der Waals surface area contributed by atoms with Crippen LogP contribution >= 0.6 is 11.6 Å². The lowest BCUT2D eigenvalue weighted by Crippen LogP contribution is -2.42. The van der Waals surface area contributed by atoms with Gasteiger partial charge in [0.05, 0.1) is 0 Å². The molecule has 1 heterocycles. The van der Waals surface area contributed by atoms with Crippen LogP contribution in [0, 0.1) is 0 Å². The number of amides is 2. The third kappa shape index (κ3) is 0.819. The van der Waals surface area contributed by atoms with Crippen molar-refractivity contribution in [3.63, 3.8) is 0 Å². The van der Waals surface area contributed by atoms with Crippen LogP contribution in [-0.4, -0.2) is 22.9 Å². The van der Waals surface area contributed by atoms with Gasteiger partial charge in [0, 0.05) is 0 Å². The maximum atomic E-state index is 12.4. The summed E-state index contributed by atoms with van der Waals surface area (Å²) in [6, 6.07) is 0. The predicted octanol–water partition coefficient (Wildman–Crippen LogP) is 0.183. The Morgan fingerprint density at radius 3 is 1.73 bits per heavy atom. The maximum absolute atomic E-state index is 12.4. The van der Waals surface area contributed by atoms with Crippen molar-refractivity contribution in [3.05, 3.63) is 0 Å². The molecule has 0 aromatic rings. The molecule has 1 aliphatic rings. The molecule has 3 nitrogen and oxygen atoms in total. The van der Waals surface area contributed by atoms with Crippen LogP contribution in [0.3, 0.4) is 0 Å². The predicted molar refractivity (Wildman–Crippen MR) is 27.8 cm³/mol. The zero-order valence-electron chi connectivity index (χ0n) is 4.83. The zero-order chi connectivity index (χ0) is 8.86. The molecule has 62 valence electrons. The third-order valence-corrected chi connectivity index (χ3v) is 1.60. The Hall–Kier alpha value is -0.780. The van der Waals surface area contributed by atoms with Crippen LogP contribution in [0.15, 0.2) is 0 Å². The quantitative estimate of drug-likeness (QED) is 0.435. The average Bonchev–Trinajstić information content (AvgIpc) is 1.95. The molecule has 1 fully saturated rings. The minimum absolute atomic E-state index is 1.06. The van der Waals surface area contributed by atoms with E-state index in [1.54, 1.807) is 0 Å². The molecule has 0 saturated carbocycles. The molecule has 1 unspecified atom stereocenters. The Labute approximate surface area is 63.5 Å². The van der Waals surface area contributed by atoms with Crippen LogP contribution in [-0.2, 0) is 9.59 Å². The van der Waals surface area contributed by atoms with Crippen molar-refractivity contribution < 1.29 is 22.8 Å². The molecule has 0 aliphatic carbocycles. The summed E-state index contributed by atoms with van der Waals surface area (Å²) in [4.78, 5) is 20.3. The second-order valence-corrected chi connectivity index (χ2v) is 2.45. The van der Waals surface area contributed by atoms with Crippen molar-refractivity contribution >= 4 is 23.4 Å². The molecule has 0 aromatic carbocycles. The first-order valence-corrected chi connectivity index (χ1v) is 2.79. The molecular weight excluding hydrogens is 186 g/mol. The van der Waals surface area contributed by atoms with Crippen LogP contribution in [0.5, 0.6) is 0 Å². The van der Waals surface area contributed by atoms with Gasteiger partial charge in [0.1, 0.15) is 0 Å². The SMILES string of the molecule is O=C1NC(=O)C(F)(Cl)C1(F)F. The number of carbonyl (C=O) groups excluding carboxylic acids is 2. The Morgan fingerprint density at radius 2 is 1.64 bits per heavy atom. The van der Waals surface area contributed by atoms with E-state index in [1.807, 2.05) is 0 Å². The van der Waals surface area contributed by atoms with Gasteiger partial charge in [-0.05, 0) is 0 Å². The van der Waals surface area contributed by atoms with Gasteiger partial charge < -0.3 is 0 Å². The van der Waals surface area contributed by atoms with Gasteiger partial charge in [0.2, 0.25) is 0 Å². The van der Waals surface area contributed by atoms with Crippen LogP contribution in [0.4, 0.5) is 13.2 Å². The second kappa shape index (κ2) is 1.88. The van der Waals surface area contributed by atoms with Gasteiger partial charge in [0.15, 0.2) is 0 Å². The molecule has 0 radical (unpaired) electrons. The summed E-state index contributed by atoms with van der Waals surface area (Å²) in [5, 5.41) is -2.88. The number of hydrogen-bond donors (Lipinski definition) is 1. The first kappa shape index (κ1) is 8.32. The van der Waals surface area contributed by atoms with E-state index >= 15 is 0 Å². The highest BCUT2D eigenvalue weighted by Crippen LogP contribution is 2.40. The van der Waals surface area contributed by atoms with E-state index in [-0.39, 0.29) is 0 Å². The fourth-order valence-corrected chi connectivity index (χ4v) is 0.678. The highest BCUT2D eigenvalue weighted by molar-refractivity contribution is 6.40. The number of imide groups is 1. The maximum Gasteiger partial charge on any atom is 0.381 e. The zero-order valence-corrected chi connectivity index (χ0v) is 5.58. The third-order valence-electron chi connectivity index (χ3n) is 1.19. The Morgan fingerprint density at radius 1 is 1.18 bits per heavy atom. The van der Waals surface area contributed by atoms with E-state index in [0.717, 1.165) is 5.32 Å². The number of alkyl halides is 4. The molecule has 1 atom stereocenters. The summed E-state index contributed by atoms with van der Waals surface area (Å²) in [5.74, 6) is -8.32. The molecule has 1 aliphatic heterocycles. The molecule has 7 heteroatoms. The van der Waals surface area contributed by atoms with E-state index in [9.17, 15) is 22.8 Å². The highest BCUT2D eigenvalue weighted by atomic mass is 35.5. The van der Waals surface area contributed by atoms with Gasteiger partial charge in [-0.3, -0.25) is 14.9 Å². The van der Waals surface area contributed by atoms with Gasteiger partial charge in [-0.25, -0.2) is 4.39 Å². The minimum Gasteiger partial charge on any atom is -0.287 e. The monoisotopic (exact) mass is 187 g/mol. The van der Waals surface area contributed by atoms with Crippen molar-refractivity contribution in [1.82, 2.24) is 5.32 Å². The van der Waals surface area contributed by atoms with Gasteiger partial charge in [-0.1, -0.05) is 11.6 Å². The summed E-state index contributed by atoms with van der Waals surface area (Å²) >= 11 is 4.46. The fraction of sp³-hybridized carbons (Fsp3) is 0.500. The minimum atomic E-state index is -4.48. The van der Waals surface area contributed by atoms with E-state index in [4.69, 9.17) is 0 Å². The summed E-state index contributed by atoms with van der Waals surface area (Å²) < 4.78 is 36.9. The second-order valence-electron chi connectivity index (χ2n) is 1.93. The van der Waals surface area contributed by atoms with Gasteiger partial charge in [-0.2, -0.15) is 8.78 Å². The summed E-state index contributed by atoms with van der Waals surface area (Å²) in [5.41, 5.74) is 0. The van der Waals surface area contributed by atoms with E-state index in [2.05, 4.69) is 11.6 Å². The largest absolute Gasteiger partial charge is 0.381 e. The molecular formula is C4HClF3NO2. The normalized spacial score (nSPS) is 35.6. The van der Waals surface area contributed by atoms with Gasteiger partial charge in [-0.15, -0.1) is 0 Å². The average molecular weight is 188 g/mol. The Kier molecular flexibility index (Phi) is 1.42. The molecule has 11 heavy (non-hydrogen) atoms. The van der Waals surface area contributed by atoms with Crippen LogP contribution in [0.2, 0.25) is 0 Å². The van der Waals surface area contributed by atoms with Crippen molar-refractivity contribution in [3.8, 4) is 0 Å². The van der Waals surface area contributed by atoms with E-state index in [1.165, 1.54) is 0 Å². The van der Waals surface area contributed by atoms with Crippen molar-refractivity contribution in [2.45, 2.75) is 11.1 Å². The lowest BCUT2D eigenvalue weighted by Gasteiger charge is -2.13. The molecule has 0 aromatic heterocycles. The standard InChI is InChI=1S/C4HClF3NO2/c5-3(6)1(10)9-2(11)4(3,7)8/h(H,9,10,11). The Balaban J connectivity index is 3.15. The lowest BCUT2D eigenvalue weighted by atomic mass is 10.2. The molecule has 1 N–H and O–H groups in total. The number of rotatable bonds is 0. The first-order valence-electron chi connectivity index (χ1n) is 2.41. The fourth-order valence-electron chi connectivity index (χ4n) is 0.545. The Bertz CT molecular complexity index is 215. The molecule has 0 bridgehead atoms. The van der Waals surface area contributed by atoms with Gasteiger partial charge in [0.25, 0.3) is 5.91 Å². The summed E-state index contributed by atoms with van der Waals surface area (Å²) in [7, 11) is 0. The van der Waals surface area contributed by atoms with E-state index < -0.39 is 22.9 Å². The summed E-state index contributed by atoms with van der Waals surface area (Å²) in [6.07, 6.45) is 0. The number of nitrogens with one attached hydrogen (secondary N) is 1. The van der Waals surface area contributed by atoms with Crippen LogP contribution < -0.4 is 5.32 Å². The molecule has 2 amide bonds. The van der Waals surface area contributed by atoms with Gasteiger partial charge >= 0.3 is 17.0 Å². The van der Waals surface area contributed by atoms with E-state index in [0.29, 0.717) is 0 Å². The number of halogens is 4. The van der Waals surface area contributed by atoms with Crippen molar-refractivity contribution in [2.24, 2.45) is 0 Å². The first-order chi connectivity index (χ1) is 4.80. The van der Waals surface area contributed by atoms with Crippen LogP contribution in [0.1, 0.15) is 0 Å². The smallest absolute Gasteiger partial charge is 0.287 e. The molecule has 1 saturated heterocycles. The van der Waals surface area contributed by atoms with Crippen molar-refractivity contribution in [2.75, 3.05) is 0 Å². The number of carbonyl (C=O) groups is 2. The summed E-state index contributed by atoms with van der Waals surface area (Å²) in [6.45, 7) is 0. The topological polar surface area (TPSA) is 46.2 Å². The van der Waals surface area contributed by atoms with Crippen molar-refractivity contribution in [1.29, 1.82) is 0 Å².